The molecule has 2 heteroatoms. The molecule has 1 saturated heterocycles. The summed E-state index contributed by atoms with van der Waals surface area (Å²) in [6.07, 6.45) is 6.86. The molecule has 0 radical (unpaired) electrons. The van der Waals surface area contributed by atoms with Crippen LogP contribution in [0.4, 0.5) is 0 Å². The van der Waals surface area contributed by atoms with E-state index >= 15 is 0 Å². The van der Waals surface area contributed by atoms with Crippen LogP contribution >= 0.6 is 0 Å². The molecule has 1 aliphatic heterocycles. The summed E-state index contributed by atoms with van der Waals surface area (Å²) in [4.78, 5) is 2.62. The summed E-state index contributed by atoms with van der Waals surface area (Å²) in [5, 5.41) is 0. The number of rotatable bonds is 2. The summed E-state index contributed by atoms with van der Waals surface area (Å²) >= 11 is 0. The van der Waals surface area contributed by atoms with Gasteiger partial charge in [-0.1, -0.05) is 13.8 Å². The Hall–Kier alpha value is -0.0800. The standard InChI is InChI=1S/C14H28N2/c1-11-13(15)6-9-16(11)10-12-4-7-14(2,3)8-5-12/h11-13H,4-10,15H2,1-3H3. The van der Waals surface area contributed by atoms with Crippen LogP contribution in [0, 0.1) is 11.3 Å². The lowest BCUT2D eigenvalue weighted by Crippen LogP contribution is -2.40. The Morgan fingerprint density at radius 1 is 1.19 bits per heavy atom. The van der Waals surface area contributed by atoms with Crippen LogP contribution in [0.25, 0.3) is 0 Å². The van der Waals surface area contributed by atoms with Crippen LogP contribution in [0.15, 0.2) is 0 Å². The zero-order valence-corrected chi connectivity index (χ0v) is 11.2. The van der Waals surface area contributed by atoms with Gasteiger partial charge in [-0.25, -0.2) is 0 Å². The molecule has 0 aromatic rings. The molecule has 16 heavy (non-hydrogen) atoms. The molecular formula is C14H28N2. The maximum Gasteiger partial charge on any atom is 0.0219 e. The lowest BCUT2D eigenvalue weighted by Gasteiger charge is -2.37. The molecule has 0 amide bonds. The van der Waals surface area contributed by atoms with Gasteiger partial charge in [-0.15, -0.1) is 0 Å². The van der Waals surface area contributed by atoms with Crippen LogP contribution in [0.3, 0.4) is 0 Å². The van der Waals surface area contributed by atoms with Crippen LogP contribution in [0.2, 0.25) is 0 Å². The molecule has 2 aliphatic rings. The highest BCUT2D eigenvalue weighted by molar-refractivity contribution is 4.89. The molecule has 0 spiro atoms. The Kier molecular flexibility index (Phi) is 3.60. The van der Waals surface area contributed by atoms with Crippen molar-refractivity contribution >= 4 is 0 Å². The van der Waals surface area contributed by atoms with Gasteiger partial charge >= 0.3 is 0 Å². The van der Waals surface area contributed by atoms with E-state index in [2.05, 4.69) is 25.7 Å². The summed E-state index contributed by atoms with van der Waals surface area (Å²) in [6.45, 7) is 9.65. The smallest absolute Gasteiger partial charge is 0.0219 e. The first-order valence-corrected chi connectivity index (χ1v) is 6.97. The third-order valence-corrected chi connectivity index (χ3v) is 4.90. The lowest BCUT2D eigenvalue weighted by atomic mass is 9.73. The lowest BCUT2D eigenvalue weighted by molar-refractivity contribution is 0.139. The van der Waals surface area contributed by atoms with E-state index in [-0.39, 0.29) is 0 Å². The third-order valence-electron chi connectivity index (χ3n) is 4.90. The summed E-state index contributed by atoms with van der Waals surface area (Å²) in [5.41, 5.74) is 6.68. The van der Waals surface area contributed by atoms with E-state index in [4.69, 9.17) is 5.73 Å². The van der Waals surface area contributed by atoms with E-state index in [0.29, 0.717) is 17.5 Å². The predicted octanol–water partition coefficient (Wildman–Crippen LogP) is 2.62. The van der Waals surface area contributed by atoms with Crippen LogP contribution < -0.4 is 5.73 Å². The maximum atomic E-state index is 6.08. The minimum atomic E-state index is 0.417. The fourth-order valence-corrected chi connectivity index (χ4v) is 3.26. The highest BCUT2D eigenvalue weighted by Gasteiger charge is 2.32. The monoisotopic (exact) mass is 224 g/mol. The molecule has 2 unspecified atom stereocenters. The summed E-state index contributed by atoms with van der Waals surface area (Å²) < 4.78 is 0. The molecule has 2 nitrogen and oxygen atoms in total. The van der Waals surface area contributed by atoms with Crippen LogP contribution in [-0.2, 0) is 0 Å². The van der Waals surface area contributed by atoms with Crippen molar-refractivity contribution in [3.63, 3.8) is 0 Å². The Balaban J connectivity index is 1.79. The molecule has 2 atom stereocenters. The zero-order valence-electron chi connectivity index (χ0n) is 11.2. The van der Waals surface area contributed by atoms with Gasteiger partial charge in [-0.2, -0.15) is 0 Å². The van der Waals surface area contributed by atoms with E-state index in [9.17, 15) is 0 Å². The molecule has 0 aromatic heterocycles. The van der Waals surface area contributed by atoms with E-state index in [1.165, 1.54) is 45.2 Å². The SMILES string of the molecule is CC1C(N)CCN1CC1CCC(C)(C)CC1. The molecule has 0 aromatic carbocycles. The molecule has 0 bridgehead atoms. The predicted molar refractivity (Wildman–Crippen MR) is 69.4 cm³/mol. The molecule has 1 saturated carbocycles. The van der Waals surface area contributed by atoms with Crippen molar-refractivity contribution in [3.05, 3.63) is 0 Å². The second kappa shape index (κ2) is 4.66. The minimum Gasteiger partial charge on any atom is -0.326 e. The van der Waals surface area contributed by atoms with Gasteiger partial charge in [0.1, 0.15) is 0 Å². The number of nitrogens with two attached hydrogens (primary N) is 1. The Morgan fingerprint density at radius 2 is 1.81 bits per heavy atom. The molecule has 2 fully saturated rings. The number of hydrogen-bond acceptors (Lipinski definition) is 2. The number of hydrogen-bond donors (Lipinski definition) is 1. The summed E-state index contributed by atoms with van der Waals surface area (Å²) in [5.74, 6) is 0.931. The highest BCUT2D eigenvalue weighted by atomic mass is 15.2. The number of nitrogens with zero attached hydrogens (tertiary/aromatic N) is 1. The van der Waals surface area contributed by atoms with Crippen molar-refractivity contribution in [2.45, 2.75) is 65.0 Å². The van der Waals surface area contributed by atoms with E-state index < -0.39 is 0 Å². The summed E-state index contributed by atoms with van der Waals surface area (Å²) in [6, 6.07) is 1.02. The van der Waals surface area contributed by atoms with E-state index in [1.807, 2.05) is 0 Å². The van der Waals surface area contributed by atoms with Gasteiger partial charge in [-0.05, 0) is 50.4 Å². The fourth-order valence-electron chi connectivity index (χ4n) is 3.26. The quantitative estimate of drug-likeness (QED) is 0.781. The first-order valence-electron chi connectivity index (χ1n) is 6.97. The largest absolute Gasteiger partial charge is 0.326 e. The van der Waals surface area contributed by atoms with Gasteiger partial charge in [0.05, 0.1) is 0 Å². The number of likely N-dealkylation sites (tertiary alicyclic amines) is 1. The van der Waals surface area contributed by atoms with Crippen LogP contribution in [-0.4, -0.2) is 30.1 Å². The topological polar surface area (TPSA) is 29.3 Å². The van der Waals surface area contributed by atoms with Crippen molar-refractivity contribution in [1.82, 2.24) is 4.90 Å². The van der Waals surface area contributed by atoms with Gasteiger partial charge in [-0.3, -0.25) is 4.90 Å². The van der Waals surface area contributed by atoms with Gasteiger partial charge in [0.2, 0.25) is 0 Å². The van der Waals surface area contributed by atoms with Crippen molar-refractivity contribution in [3.8, 4) is 0 Å². The average molecular weight is 224 g/mol. The maximum absolute atomic E-state index is 6.08. The zero-order chi connectivity index (χ0) is 11.8. The van der Waals surface area contributed by atoms with Crippen molar-refractivity contribution < 1.29 is 0 Å². The normalized spacial score (nSPS) is 36.8. The third kappa shape index (κ3) is 2.78. The molecule has 2 rings (SSSR count). The molecule has 1 heterocycles. The van der Waals surface area contributed by atoms with Crippen molar-refractivity contribution in [2.24, 2.45) is 17.1 Å². The van der Waals surface area contributed by atoms with E-state index in [0.717, 1.165) is 5.92 Å². The summed E-state index contributed by atoms with van der Waals surface area (Å²) in [7, 11) is 0. The fraction of sp³-hybridized carbons (Fsp3) is 1.00. The first kappa shape index (κ1) is 12.4. The first-order chi connectivity index (χ1) is 7.48. The Morgan fingerprint density at radius 3 is 2.31 bits per heavy atom. The van der Waals surface area contributed by atoms with E-state index in [1.54, 1.807) is 0 Å². The molecule has 1 aliphatic carbocycles. The highest BCUT2D eigenvalue weighted by Crippen LogP contribution is 2.38. The van der Waals surface area contributed by atoms with Crippen LogP contribution in [0.1, 0.15) is 52.9 Å². The van der Waals surface area contributed by atoms with Gasteiger partial charge in [0.15, 0.2) is 0 Å². The van der Waals surface area contributed by atoms with Crippen molar-refractivity contribution in [1.29, 1.82) is 0 Å². The van der Waals surface area contributed by atoms with Gasteiger partial charge in [0, 0.05) is 25.2 Å². The molecular weight excluding hydrogens is 196 g/mol. The molecule has 2 N–H and O–H groups in total. The van der Waals surface area contributed by atoms with Crippen molar-refractivity contribution in [2.75, 3.05) is 13.1 Å². The average Bonchev–Trinajstić information content (AvgIpc) is 2.53. The minimum absolute atomic E-state index is 0.417. The van der Waals surface area contributed by atoms with Gasteiger partial charge in [0.25, 0.3) is 0 Å². The van der Waals surface area contributed by atoms with Crippen LogP contribution in [0.5, 0.6) is 0 Å². The van der Waals surface area contributed by atoms with Gasteiger partial charge < -0.3 is 5.73 Å². The Bertz CT molecular complexity index is 227. The second-order valence-corrected chi connectivity index (χ2v) is 6.80. The Labute approximate surface area is 101 Å². The second-order valence-electron chi connectivity index (χ2n) is 6.80. The molecule has 94 valence electrons.